The maximum atomic E-state index is 14.7. The summed E-state index contributed by atoms with van der Waals surface area (Å²) in [5.74, 6) is 0.327. The second-order valence-corrected chi connectivity index (χ2v) is 7.69. The van der Waals surface area contributed by atoms with Crippen molar-refractivity contribution in [2.45, 2.75) is 50.9 Å². The molecule has 5 rings (SSSR count). The number of rotatable bonds is 1. The van der Waals surface area contributed by atoms with Gasteiger partial charge in [0.25, 0.3) is 0 Å². The molecule has 2 N–H and O–H groups in total. The molecule has 2 heterocycles. The van der Waals surface area contributed by atoms with Gasteiger partial charge < -0.3 is 10.3 Å². The zero-order valence-electron chi connectivity index (χ0n) is 13.0. The Balaban J connectivity index is 1.70. The molecule has 1 saturated heterocycles. The van der Waals surface area contributed by atoms with Crippen molar-refractivity contribution in [1.82, 2.24) is 10.3 Å². The van der Waals surface area contributed by atoms with Crippen molar-refractivity contribution in [2.24, 2.45) is 5.41 Å². The van der Waals surface area contributed by atoms with Gasteiger partial charge >= 0.3 is 0 Å². The Kier molecular flexibility index (Phi) is 2.73. The van der Waals surface area contributed by atoms with Crippen LogP contribution in [0.15, 0.2) is 12.1 Å². The van der Waals surface area contributed by atoms with Gasteiger partial charge in [0.15, 0.2) is 0 Å². The van der Waals surface area contributed by atoms with Crippen molar-refractivity contribution >= 4 is 10.9 Å². The molecule has 116 valence electrons. The van der Waals surface area contributed by atoms with Crippen LogP contribution in [0.3, 0.4) is 0 Å². The van der Waals surface area contributed by atoms with Gasteiger partial charge in [0, 0.05) is 28.7 Å². The molecule has 1 unspecified atom stereocenters. The Morgan fingerprint density at radius 3 is 2.86 bits per heavy atom. The van der Waals surface area contributed by atoms with Gasteiger partial charge in [-0.25, -0.2) is 4.39 Å². The van der Waals surface area contributed by atoms with Gasteiger partial charge in [0.1, 0.15) is 5.82 Å². The number of aryl methyl sites for hydroxylation is 1. The summed E-state index contributed by atoms with van der Waals surface area (Å²) >= 11 is 0. The van der Waals surface area contributed by atoms with E-state index in [0.29, 0.717) is 11.3 Å². The van der Waals surface area contributed by atoms with Gasteiger partial charge in [-0.1, -0.05) is 0 Å². The minimum atomic E-state index is -0.00146. The lowest BCUT2D eigenvalue weighted by atomic mass is 9.81. The van der Waals surface area contributed by atoms with Crippen LogP contribution < -0.4 is 5.32 Å². The van der Waals surface area contributed by atoms with E-state index in [0.717, 1.165) is 43.4 Å². The molecule has 1 atom stereocenters. The van der Waals surface area contributed by atoms with Crippen LogP contribution in [-0.2, 0) is 12.8 Å². The van der Waals surface area contributed by atoms with Crippen molar-refractivity contribution in [3.8, 4) is 0 Å². The summed E-state index contributed by atoms with van der Waals surface area (Å²) in [6, 6.07) is 3.61. The van der Waals surface area contributed by atoms with Crippen LogP contribution in [0, 0.1) is 11.2 Å². The molecule has 2 nitrogen and oxygen atoms in total. The Morgan fingerprint density at radius 2 is 2.09 bits per heavy atom. The highest BCUT2D eigenvalue weighted by Gasteiger charge is 2.45. The number of H-pyrrole nitrogens is 1. The largest absolute Gasteiger partial charge is 0.358 e. The van der Waals surface area contributed by atoms with E-state index in [9.17, 15) is 4.39 Å². The molecule has 2 aliphatic carbocycles. The molecule has 0 radical (unpaired) electrons. The van der Waals surface area contributed by atoms with E-state index >= 15 is 0 Å². The summed E-state index contributed by atoms with van der Waals surface area (Å²) in [4.78, 5) is 3.60. The second-order valence-electron chi connectivity index (χ2n) is 7.69. The molecule has 3 heteroatoms. The molecule has 2 fully saturated rings. The number of hydrogen-bond acceptors (Lipinski definition) is 1. The van der Waals surface area contributed by atoms with Crippen LogP contribution >= 0.6 is 0 Å². The van der Waals surface area contributed by atoms with Crippen molar-refractivity contribution < 1.29 is 4.39 Å². The summed E-state index contributed by atoms with van der Waals surface area (Å²) in [5.41, 5.74) is 5.53. The van der Waals surface area contributed by atoms with Gasteiger partial charge in [-0.15, -0.1) is 0 Å². The smallest absolute Gasteiger partial charge is 0.127 e. The van der Waals surface area contributed by atoms with Crippen molar-refractivity contribution in [3.05, 3.63) is 34.8 Å². The van der Waals surface area contributed by atoms with Gasteiger partial charge in [-0.05, 0) is 80.5 Å². The molecular formula is C19H23FN2. The van der Waals surface area contributed by atoms with Gasteiger partial charge in [-0.3, -0.25) is 0 Å². The number of benzene rings is 1. The Morgan fingerprint density at radius 1 is 1.18 bits per heavy atom. The lowest BCUT2D eigenvalue weighted by molar-refractivity contribution is 0.434. The molecule has 1 aliphatic heterocycles. The molecule has 1 aromatic carbocycles. The molecule has 0 amide bonds. The quantitative estimate of drug-likeness (QED) is 0.817. The zero-order valence-corrected chi connectivity index (χ0v) is 13.0. The van der Waals surface area contributed by atoms with Crippen molar-refractivity contribution in [1.29, 1.82) is 0 Å². The second kappa shape index (κ2) is 4.58. The maximum absolute atomic E-state index is 14.7. The maximum Gasteiger partial charge on any atom is 0.127 e. The van der Waals surface area contributed by atoms with Crippen LogP contribution in [0.2, 0.25) is 0 Å². The van der Waals surface area contributed by atoms with Crippen LogP contribution in [0.1, 0.15) is 54.8 Å². The summed E-state index contributed by atoms with van der Waals surface area (Å²) in [7, 11) is 0. The molecular weight excluding hydrogens is 275 g/mol. The van der Waals surface area contributed by atoms with Crippen molar-refractivity contribution in [2.75, 3.05) is 13.1 Å². The summed E-state index contributed by atoms with van der Waals surface area (Å²) < 4.78 is 14.7. The number of piperidine rings is 1. The molecule has 22 heavy (non-hydrogen) atoms. The van der Waals surface area contributed by atoms with E-state index in [4.69, 9.17) is 0 Å². The third-order valence-electron chi connectivity index (χ3n) is 6.26. The minimum absolute atomic E-state index is 0.00146. The fraction of sp³-hybridized carbons (Fsp3) is 0.579. The Bertz CT molecular complexity index is 735. The van der Waals surface area contributed by atoms with Gasteiger partial charge in [0.2, 0.25) is 0 Å². The molecule has 1 saturated carbocycles. The first-order chi connectivity index (χ1) is 10.8. The highest BCUT2D eigenvalue weighted by atomic mass is 19.1. The van der Waals surface area contributed by atoms with E-state index in [1.54, 1.807) is 6.07 Å². The number of aromatic nitrogens is 1. The number of nitrogens with one attached hydrogen (secondary N) is 2. The standard InChI is InChI=1S/C19H23FN2/c20-14-3-4-16-18(17(14)12-2-1-9-21-11-12)13-10-19(7-8-19)6-5-15(13)22-16/h3-4,12,21-22H,1-2,5-11H2. The Hall–Kier alpha value is -1.35. The average Bonchev–Trinajstić information content (AvgIpc) is 3.20. The van der Waals surface area contributed by atoms with E-state index in [-0.39, 0.29) is 5.82 Å². The lowest BCUT2D eigenvalue weighted by Crippen LogP contribution is -2.29. The SMILES string of the molecule is Fc1ccc2[nH]c3c(c2c1C1CCCNC1)CC1(CC3)CC1. The van der Waals surface area contributed by atoms with E-state index in [2.05, 4.69) is 10.3 Å². The average molecular weight is 298 g/mol. The normalized spacial score (nSPS) is 26.3. The lowest BCUT2D eigenvalue weighted by Gasteiger charge is -2.26. The first kappa shape index (κ1) is 13.1. The minimum Gasteiger partial charge on any atom is -0.358 e. The van der Waals surface area contributed by atoms with Crippen LogP contribution in [0.5, 0.6) is 0 Å². The monoisotopic (exact) mass is 298 g/mol. The summed E-state index contributed by atoms with van der Waals surface area (Å²) in [6.07, 6.45) is 8.62. The highest BCUT2D eigenvalue weighted by molar-refractivity contribution is 5.89. The highest BCUT2D eigenvalue weighted by Crippen LogP contribution is 2.56. The predicted molar refractivity (Wildman–Crippen MR) is 86.8 cm³/mol. The number of hydrogen-bond donors (Lipinski definition) is 2. The van der Waals surface area contributed by atoms with E-state index < -0.39 is 0 Å². The predicted octanol–water partition coefficient (Wildman–Crippen LogP) is 4.04. The topological polar surface area (TPSA) is 27.8 Å². The zero-order chi connectivity index (χ0) is 14.7. The van der Waals surface area contributed by atoms with Crippen LogP contribution in [-0.4, -0.2) is 18.1 Å². The van der Waals surface area contributed by atoms with Crippen LogP contribution in [0.25, 0.3) is 10.9 Å². The molecule has 3 aliphatic rings. The number of halogens is 1. The summed E-state index contributed by atoms with van der Waals surface area (Å²) in [5, 5.41) is 4.68. The first-order valence-electron chi connectivity index (χ1n) is 8.78. The van der Waals surface area contributed by atoms with Crippen LogP contribution in [0.4, 0.5) is 4.39 Å². The van der Waals surface area contributed by atoms with E-state index in [1.807, 2.05) is 6.07 Å². The van der Waals surface area contributed by atoms with Gasteiger partial charge in [0.05, 0.1) is 0 Å². The fourth-order valence-corrected chi connectivity index (χ4v) is 4.78. The number of fused-ring (bicyclic) bond motifs is 3. The molecule has 1 spiro atoms. The molecule has 1 aromatic heterocycles. The first-order valence-corrected chi connectivity index (χ1v) is 8.78. The van der Waals surface area contributed by atoms with Crippen molar-refractivity contribution in [3.63, 3.8) is 0 Å². The summed E-state index contributed by atoms with van der Waals surface area (Å²) in [6.45, 7) is 1.99. The molecule has 2 aromatic rings. The molecule has 0 bridgehead atoms. The fourth-order valence-electron chi connectivity index (χ4n) is 4.78. The van der Waals surface area contributed by atoms with E-state index in [1.165, 1.54) is 42.3 Å². The third-order valence-corrected chi connectivity index (χ3v) is 6.26. The van der Waals surface area contributed by atoms with Gasteiger partial charge in [-0.2, -0.15) is 0 Å². The third kappa shape index (κ3) is 1.88. The Labute approximate surface area is 130 Å². The number of aromatic amines is 1.